The van der Waals surface area contributed by atoms with Crippen LogP contribution in [0.4, 0.5) is 0 Å². The summed E-state index contributed by atoms with van der Waals surface area (Å²) in [7, 11) is 0. The lowest BCUT2D eigenvalue weighted by Crippen LogP contribution is -1.93. The molecule has 1 unspecified atom stereocenters. The van der Waals surface area contributed by atoms with E-state index in [0.717, 1.165) is 17.8 Å². The van der Waals surface area contributed by atoms with Crippen molar-refractivity contribution in [2.75, 3.05) is 0 Å². The van der Waals surface area contributed by atoms with Crippen molar-refractivity contribution in [1.82, 2.24) is 15.0 Å². The number of rotatable bonds is 3. The van der Waals surface area contributed by atoms with Gasteiger partial charge in [0.25, 0.3) is 0 Å². The van der Waals surface area contributed by atoms with Gasteiger partial charge in [-0.25, -0.2) is 4.68 Å². The summed E-state index contributed by atoms with van der Waals surface area (Å²) in [5.41, 5.74) is 1.71. The maximum Gasteiger partial charge on any atom is 0.101 e. The molecule has 0 aliphatic carbocycles. The first-order chi connectivity index (χ1) is 7.70. The van der Waals surface area contributed by atoms with Gasteiger partial charge in [0.05, 0.1) is 17.3 Å². The third-order valence-corrected chi connectivity index (χ3v) is 3.07. The standard InChI is InChI=1S/C11H11Cl2N3/c1-2-10(13)11-7-16(15-14-11)9-5-3-8(12)4-6-9/h3-7,10H,2H2,1H3. The Morgan fingerprint density at radius 3 is 2.62 bits per heavy atom. The molecular formula is C11H11Cl2N3. The number of nitrogens with zero attached hydrogens (tertiary/aromatic N) is 3. The molecule has 0 bridgehead atoms. The molecule has 0 amide bonds. The summed E-state index contributed by atoms with van der Waals surface area (Å²) in [5, 5.41) is 8.68. The van der Waals surface area contributed by atoms with Crippen LogP contribution in [0.5, 0.6) is 0 Å². The molecule has 0 N–H and O–H groups in total. The Morgan fingerprint density at radius 1 is 1.31 bits per heavy atom. The van der Waals surface area contributed by atoms with Gasteiger partial charge >= 0.3 is 0 Å². The Labute approximate surface area is 104 Å². The second kappa shape index (κ2) is 4.85. The molecule has 1 atom stereocenters. The minimum Gasteiger partial charge on any atom is -0.220 e. The minimum atomic E-state index is -0.0824. The number of aromatic nitrogens is 3. The van der Waals surface area contributed by atoms with Crippen LogP contribution in [0.15, 0.2) is 30.5 Å². The van der Waals surface area contributed by atoms with Crippen LogP contribution in [0.2, 0.25) is 5.02 Å². The second-order valence-electron chi connectivity index (χ2n) is 3.44. The summed E-state index contributed by atoms with van der Waals surface area (Å²) in [6.07, 6.45) is 2.67. The van der Waals surface area contributed by atoms with Gasteiger partial charge in [-0.3, -0.25) is 0 Å². The summed E-state index contributed by atoms with van der Waals surface area (Å²) in [6.45, 7) is 2.01. The van der Waals surface area contributed by atoms with Gasteiger partial charge in [0, 0.05) is 5.02 Å². The Balaban J connectivity index is 2.28. The van der Waals surface area contributed by atoms with E-state index in [1.807, 2.05) is 37.4 Å². The van der Waals surface area contributed by atoms with Crippen LogP contribution in [0, 0.1) is 0 Å². The first-order valence-corrected chi connectivity index (χ1v) is 5.84. The SMILES string of the molecule is CCC(Cl)c1cn(-c2ccc(Cl)cc2)nn1. The second-order valence-corrected chi connectivity index (χ2v) is 4.40. The van der Waals surface area contributed by atoms with E-state index < -0.39 is 0 Å². The van der Waals surface area contributed by atoms with E-state index in [4.69, 9.17) is 23.2 Å². The quantitative estimate of drug-likeness (QED) is 0.785. The third kappa shape index (κ3) is 2.36. The molecule has 1 aromatic heterocycles. The maximum absolute atomic E-state index is 6.08. The number of halogens is 2. The zero-order valence-corrected chi connectivity index (χ0v) is 10.3. The molecule has 84 valence electrons. The van der Waals surface area contributed by atoms with Crippen molar-refractivity contribution in [1.29, 1.82) is 0 Å². The van der Waals surface area contributed by atoms with Crippen molar-refractivity contribution in [2.45, 2.75) is 18.7 Å². The number of hydrogen-bond acceptors (Lipinski definition) is 2. The van der Waals surface area contributed by atoms with E-state index in [1.54, 1.807) is 4.68 Å². The van der Waals surface area contributed by atoms with Gasteiger partial charge in [0.1, 0.15) is 5.69 Å². The zero-order chi connectivity index (χ0) is 11.5. The molecule has 1 aromatic carbocycles. The molecule has 0 saturated heterocycles. The van der Waals surface area contributed by atoms with Gasteiger partial charge < -0.3 is 0 Å². The Bertz CT molecular complexity index is 464. The number of alkyl halides is 1. The average molecular weight is 256 g/mol. The number of benzene rings is 1. The fraction of sp³-hybridized carbons (Fsp3) is 0.273. The predicted molar refractivity (Wildman–Crippen MR) is 65.3 cm³/mol. The third-order valence-electron chi connectivity index (χ3n) is 2.28. The van der Waals surface area contributed by atoms with Crippen LogP contribution in [0.1, 0.15) is 24.4 Å². The van der Waals surface area contributed by atoms with Crippen molar-refractivity contribution < 1.29 is 0 Å². The largest absolute Gasteiger partial charge is 0.220 e. The van der Waals surface area contributed by atoms with Crippen molar-refractivity contribution in [3.63, 3.8) is 0 Å². The van der Waals surface area contributed by atoms with E-state index in [2.05, 4.69) is 10.3 Å². The van der Waals surface area contributed by atoms with Gasteiger partial charge in [-0.1, -0.05) is 23.7 Å². The molecule has 2 rings (SSSR count). The molecule has 0 spiro atoms. The molecule has 2 aromatic rings. The van der Waals surface area contributed by atoms with Gasteiger partial charge in [0.15, 0.2) is 0 Å². The van der Waals surface area contributed by atoms with Crippen LogP contribution in [-0.2, 0) is 0 Å². The normalized spacial score (nSPS) is 12.7. The molecule has 5 heteroatoms. The highest BCUT2D eigenvalue weighted by Gasteiger charge is 2.10. The van der Waals surface area contributed by atoms with E-state index in [-0.39, 0.29) is 5.38 Å². The smallest absolute Gasteiger partial charge is 0.101 e. The molecule has 0 radical (unpaired) electrons. The van der Waals surface area contributed by atoms with Crippen LogP contribution < -0.4 is 0 Å². The fourth-order valence-corrected chi connectivity index (χ4v) is 1.58. The minimum absolute atomic E-state index is 0.0824. The van der Waals surface area contributed by atoms with Gasteiger partial charge in [-0.15, -0.1) is 16.7 Å². The molecular weight excluding hydrogens is 245 g/mol. The van der Waals surface area contributed by atoms with Gasteiger partial charge in [-0.2, -0.15) is 0 Å². The highest BCUT2D eigenvalue weighted by molar-refractivity contribution is 6.30. The van der Waals surface area contributed by atoms with Crippen LogP contribution >= 0.6 is 23.2 Å². The zero-order valence-electron chi connectivity index (χ0n) is 8.77. The molecule has 16 heavy (non-hydrogen) atoms. The number of hydrogen-bond donors (Lipinski definition) is 0. The van der Waals surface area contributed by atoms with E-state index >= 15 is 0 Å². The van der Waals surface area contributed by atoms with E-state index in [0.29, 0.717) is 5.02 Å². The van der Waals surface area contributed by atoms with Crippen molar-refractivity contribution in [3.8, 4) is 5.69 Å². The highest BCUT2D eigenvalue weighted by Crippen LogP contribution is 2.22. The van der Waals surface area contributed by atoms with E-state index in [1.165, 1.54) is 0 Å². The van der Waals surface area contributed by atoms with Crippen LogP contribution in [0.25, 0.3) is 5.69 Å². The summed E-state index contributed by atoms with van der Waals surface area (Å²) >= 11 is 11.9. The van der Waals surface area contributed by atoms with Crippen molar-refractivity contribution >= 4 is 23.2 Å². The first kappa shape index (κ1) is 11.4. The monoisotopic (exact) mass is 255 g/mol. The van der Waals surface area contributed by atoms with Crippen molar-refractivity contribution in [3.05, 3.63) is 41.2 Å². The summed E-state index contributed by atoms with van der Waals surface area (Å²) in [5.74, 6) is 0. The van der Waals surface area contributed by atoms with Gasteiger partial charge in [0.2, 0.25) is 0 Å². The average Bonchev–Trinajstić information content (AvgIpc) is 2.78. The maximum atomic E-state index is 6.08. The summed E-state index contributed by atoms with van der Waals surface area (Å²) in [4.78, 5) is 0. The first-order valence-electron chi connectivity index (χ1n) is 5.03. The van der Waals surface area contributed by atoms with Crippen LogP contribution in [-0.4, -0.2) is 15.0 Å². The Kier molecular flexibility index (Phi) is 3.46. The molecule has 0 fully saturated rings. The topological polar surface area (TPSA) is 30.7 Å². The molecule has 0 saturated carbocycles. The molecule has 3 nitrogen and oxygen atoms in total. The lowest BCUT2D eigenvalue weighted by molar-refractivity contribution is 0.786. The van der Waals surface area contributed by atoms with Crippen molar-refractivity contribution in [2.24, 2.45) is 0 Å². The molecule has 1 heterocycles. The van der Waals surface area contributed by atoms with Crippen LogP contribution in [0.3, 0.4) is 0 Å². The van der Waals surface area contributed by atoms with E-state index in [9.17, 15) is 0 Å². The lowest BCUT2D eigenvalue weighted by Gasteiger charge is -2.00. The van der Waals surface area contributed by atoms with Gasteiger partial charge in [-0.05, 0) is 30.7 Å². The highest BCUT2D eigenvalue weighted by atomic mass is 35.5. The Morgan fingerprint density at radius 2 is 2.00 bits per heavy atom. The Hall–Kier alpha value is -1.06. The fourth-order valence-electron chi connectivity index (χ4n) is 1.35. The predicted octanol–water partition coefficient (Wildman–Crippen LogP) is 3.61. The summed E-state index contributed by atoms with van der Waals surface area (Å²) < 4.78 is 1.69. The lowest BCUT2D eigenvalue weighted by atomic mass is 10.2. The molecule has 0 aliphatic rings. The summed E-state index contributed by atoms with van der Waals surface area (Å²) in [6, 6.07) is 7.40. The molecule has 0 aliphatic heterocycles.